The van der Waals surface area contributed by atoms with E-state index in [1.807, 2.05) is 25.1 Å². The molecule has 0 amide bonds. The third-order valence-corrected chi connectivity index (χ3v) is 4.33. The van der Waals surface area contributed by atoms with E-state index in [9.17, 15) is 13.2 Å². The summed E-state index contributed by atoms with van der Waals surface area (Å²) in [7, 11) is -0.306. The smallest absolute Gasteiger partial charge is 0.355 e. The second-order valence-electron chi connectivity index (χ2n) is 5.82. The minimum absolute atomic E-state index is 0.249. The molecule has 2 rings (SSSR count). The SMILES string of the molecule is CCOC(=O)c1[nH]c2c(CS(=O)(=O)O)cccc2c1CCN(C)C. The van der Waals surface area contributed by atoms with Gasteiger partial charge < -0.3 is 14.6 Å². The van der Waals surface area contributed by atoms with Crippen molar-refractivity contribution in [1.82, 2.24) is 9.88 Å². The van der Waals surface area contributed by atoms with E-state index in [1.165, 1.54) is 0 Å². The van der Waals surface area contributed by atoms with Gasteiger partial charge in [-0.3, -0.25) is 4.55 Å². The number of carbonyl (C=O) groups is 1. The summed E-state index contributed by atoms with van der Waals surface area (Å²) in [5, 5.41) is 0.765. The number of likely N-dealkylation sites (N-methyl/N-ethyl adjacent to an activating group) is 1. The molecule has 1 heterocycles. The molecule has 0 radical (unpaired) electrons. The van der Waals surface area contributed by atoms with Crippen molar-refractivity contribution < 1.29 is 22.5 Å². The Hall–Kier alpha value is -1.90. The number of ether oxygens (including phenoxy) is 1. The Kier molecular flexibility index (Phi) is 5.63. The summed E-state index contributed by atoms with van der Waals surface area (Å²) in [5.41, 5.74) is 2.06. The molecule has 0 aliphatic carbocycles. The van der Waals surface area contributed by atoms with Gasteiger partial charge in [-0.2, -0.15) is 8.42 Å². The zero-order chi connectivity index (χ0) is 17.9. The van der Waals surface area contributed by atoms with Gasteiger partial charge in [-0.05, 0) is 38.6 Å². The van der Waals surface area contributed by atoms with Crippen LogP contribution in [0.1, 0.15) is 28.5 Å². The fourth-order valence-electron chi connectivity index (χ4n) is 2.62. The molecule has 1 aromatic heterocycles. The molecule has 0 unspecified atom stereocenters. The number of aromatic nitrogens is 1. The minimum Gasteiger partial charge on any atom is -0.461 e. The predicted octanol–water partition coefficient (Wildman–Crippen LogP) is 1.84. The Labute approximate surface area is 141 Å². The summed E-state index contributed by atoms with van der Waals surface area (Å²) in [5.74, 6) is -0.986. The van der Waals surface area contributed by atoms with Crippen molar-refractivity contribution in [2.24, 2.45) is 0 Å². The lowest BCUT2D eigenvalue weighted by molar-refractivity contribution is 0.0519. The third-order valence-electron chi connectivity index (χ3n) is 3.65. The normalized spacial score (nSPS) is 12.0. The van der Waals surface area contributed by atoms with E-state index in [0.29, 0.717) is 23.2 Å². The zero-order valence-corrected chi connectivity index (χ0v) is 14.8. The standard InChI is InChI=1S/C16H22N2O5S/c1-4-23-16(19)15-13(8-9-18(2)3)12-7-5-6-11(14(12)17-15)10-24(20,21)22/h5-7,17H,4,8-10H2,1-3H3,(H,20,21,22). The number of rotatable bonds is 7. The van der Waals surface area contributed by atoms with Gasteiger partial charge in [0.25, 0.3) is 10.1 Å². The van der Waals surface area contributed by atoms with Gasteiger partial charge in [0.2, 0.25) is 0 Å². The van der Waals surface area contributed by atoms with Crippen LogP contribution in [0.4, 0.5) is 0 Å². The molecule has 0 saturated heterocycles. The Morgan fingerprint density at radius 3 is 2.62 bits per heavy atom. The van der Waals surface area contributed by atoms with Crippen molar-refractivity contribution in [2.75, 3.05) is 27.2 Å². The largest absolute Gasteiger partial charge is 0.461 e. The molecule has 132 valence electrons. The molecule has 2 N–H and O–H groups in total. The van der Waals surface area contributed by atoms with Gasteiger partial charge in [-0.25, -0.2) is 4.79 Å². The first-order valence-electron chi connectivity index (χ1n) is 7.62. The van der Waals surface area contributed by atoms with Crippen LogP contribution in [0.2, 0.25) is 0 Å². The fourth-order valence-corrected chi connectivity index (χ4v) is 3.26. The lowest BCUT2D eigenvalue weighted by atomic mass is 10.1. The van der Waals surface area contributed by atoms with Crippen LogP contribution in [0.5, 0.6) is 0 Å². The summed E-state index contributed by atoms with van der Waals surface area (Å²) >= 11 is 0. The van der Waals surface area contributed by atoms with Crippen molar-refractivity contribution in [3.8, 4) is 0 Å². The highest BCUT2D eigenvalue weighted by atomic mass is 32.2. The lowest BCUT2D eigenvalue weighted by Crippen LogP contribution is -2.17. The molecular formula is C16H22N2O5S. The van der Waals surface area contributed by atoms with Gasteiger partial charge in [0.1, 0.15) is 11.4 Å². The topological polar surface area (TPSA) is 99.7 Å². The molecule has 24 heavy (non-hydrogen) atoms. The average molecular weight is 354 g/mol. The molecule has 0 bridgehead atoms. The molecule has 2 aromatic rings. The number of carbonyl (C=O) groups excluding carboxylic acids is 1. The molecule has 0 aliphatic rings. The molecular weight excluding hydrogens is 332 g/mol. The van der Waals surface area contributed by atoms with Gasteiger partial charge in [0, 0.05) is 11.9 Å². The fraction of sp³-hybridized carbons (Fsp3) is 0.438. The quantitative estimate of drug-likeness (QED) is 0.581. The van der Waals surface area contributed by atoms with E-state index < -0.39 is 21.8 Å². The van der Waals surface area contributed by atoms with Gasteiger partial charge >= 0.3 is 5.97 Å². The van der Waals surface area contributed by atoms with Crippen molar-refractivity contribution in [3.05, 3.63) is 35.0 Å². The van der Waals surface area contributed by atoms with Crippen molar-refractivity contribution in [2.45, 2.75) is 19.1 Å². The maximum atomic E-state index is 12.2. The van der Waals surface area contributed by atoms with Gasteiger partial charge in [-0.15, -0.1) is 0 Å². The Morgan fingerprint density at radius 2 is 2.04 bits per heavy atom. The van der Waals surface area contributed by atoms with E-state index in [-0.39, 0.29) is 6.61 Å². The molecule has 0 saturated carbocycles. The van der Waals surface area contributed by atoms with Crippen molar-refractivity contribution >= 4 is 27.0 Å². The Bertz CT molecular complexity index is 840. The monoisotopic (exact) mass is 354 g/mol. The first-order valence-corrected chi connectivity index (χ1v) is 9.23. The van der Waals surface area contributed by atoms with Crippen LogP contribution in [-0.2, 0) is 27.0 Å². The molecule has 0 atom stereocenters. The number of benzene rings is 1. The first kappa shape index (κ1) is 18.4. The summed E-state index contributed by atoms with van der Waals surface area (Å²) in [4.78, 5) is 17.2. The van der Waals surface area contributed by atoms with Crippen molar-refractivity contribution in [1.29, 1.82) is 0 Å². The van der Waals surface area contributed by atoms with E-state index in [2.05, 4.69) is 4.98 Å². The number of nitrogens with one attached hydrogen (secondary N) is 1. The van der Waals surface area contributed by atoms with Crippen molar-refractivity contribution in [3.63, 3.8) is 0 Å². The summed E-state index contributed by atoms with van der Waals surface area (Å²) in [6.07, 6.45) is 0.608. The molecule has 1 aromatic carbocycles. The van der Waals surface area contributed by atoms with E-state index in [0.717, 1.165) is 17.5 Å². The molecule has 8 heteroatoms. The number of para-hydroxylation sites is 1. The van der Waals surface area contributed by atoms with Crippen LogP contribution in [0, 0.1) is 0 Å². The zero-order valence-electron chi connectivity index (χ0n) is 14.0. The lowest BCUT2D eigenvalue weighted by Gasteiger charge is -2.10. The highest BCUT2D eigenvalue weighted by Crippen LogP contribution is 2.27. The molecule has 0 fully saturated rings. The maximum absolute atomic E-state index is 12.2. The molecule has 0 spiro atoms. The summed E-state index contributed by atoms with van der Waals surface area (Å²) in [6.45, 7) is 2.70. The van der Waals surface area contributed by atoms with E-state index in [4.69, 9.17) is 9.29 Å². The number of nitrogens with zero attached hydrogens (tertiary/aromatic N) is 1. The molecule has 7 nitrogen and oxygen atoms in total. The number of hydrogen-bond acceptors (Lipinski definition) is 5. The highest BCUT2D eigenvalue weighted by Gasteiger charge is 2.21. The second kappa shape index (κ2) is 7.33. The average Bonchev–Trinajstić information content (AvgIpc) is 2.83. The number of H-pyrrole nitrogens is 1. The van der Waals surface area contributed by atoms with Crippen LogP contribution < -0.4 is 0 Å². The maximum Gasteiger partial charge on any atom is 0.355 e. The van der Waals surface area contributed by atoms with Gasteiger partial charge in [-0.1, -0.05) is 18.2 Å². The highest BCUT2D eigenvalue weighted by molar-refractivity contribution is 7.85. The predicted molar refractivity (Wildman–Crippen MR) is 91.8 cm³/mol. The van der Waals surface area contributed by atoms with Gasteiger partial charge in [0.05, 0.1) is 12.1 Å². The van der Waals surface area contributed by atoms with Crippen LogP contribution in [0.3, 0.4) is 0 Å². The van der Waals surface area contributed by atoms with Crippen LogP contribution >= 0.6 is 0 Å². The number of esters is 1. The third kappa shape index (κ3) is 4.34. The summed E-state index contributed by atoms with van der Waals surface area (Å²) < 4.78 is 36.7. The summed E-state index contributed by atoms with van der Waals surface area (Å²) in [6, 6.07) is 5.15. The van der Waals surface area contributed by atoms with Crippen LogP contribution in [-0.4, -0.2) is 56.1 Å². The second-order valence-corrected chi connectivity index (χ2v) is 7.27. The Balaban J connectivity index is 2.59. The van der Waals surface area contributed by atoms with Crippen LogP contribution in [0.15, 0.2) is 18.2 Å². The number of hydrogen-bond donors (Lipinski definition) is 2. The minimum atomic E-state index is -4.17. The number of fused-ring (bicyclic) bond motifs is 1. The van der Waals surface area contributed by atoms with Gasteiger partial charge in [0.15, 0.2) is 0 Å². The number of aromatic amines is 1. The van der Waals surface area contributed by atoms with E-state index >= 15 is 0 Å². The molecule has 0 aliphatic heterocycles. The Morgan fingerprint density at radius 1 is 1.33 bits per heavy atom. The van der Waals surface area contributed by atoms with Crippen LogP contribution in [0.25, 0.3) is 10.9 Å². The van der Waals surface area contributed by atoms with E-state index in [1.54, 1.807) is 19.1 Å². The first-order chi connectivity index (χ1) is 11.2.